The number of aromatic nitrogens is 2. The molecule has 2 aromatic heterocycles. The fourth-order valence-electron chi connectivity index (χ4n) is 3.16. The number of pyridine rings is 1. The van der Waals surface area contributed by atoms with Crippen LogP contribution in [0.25, 0.3) is 5.65 Å². The number of fused-ring (bicyclic) bond motifs is 1. The van der Waals surface area contributed by atoms with Gasteiger partial charge >= 0.3 is 5.97 Å². The van der Waals surface area contributed by atoms with E-state index in [0.717, 1.165) is 17.5 Å². The topological polar surface area (TPSA) is 60.7 Å². The SMILES string of the molecule is CC[C@H](C)[C@H](C(=O)OCc1cc(=O)n2cc(C)ccc2n1)c1ccccc1. The summed E-state index contributed by atoms with van der Waals surface area (Å²) in [5.74, 6) is -0.472. The highest BCUT2D eigenvalue weighted by molar-refractivity contribution is 5.78. The van der Waals surface area contributed by atoms with E-state index in [0.29, 0.717) is 11.3 Å². The fourth-order valence-corrected chi connectivity index (χ4v) is 3.16. The second kappa shape index (κ2) is 8.16. The van der Waals surface area contributed by atoms with Crippen LogP contribution in [0.5, 0.6) is 0 Å². The van der Waals surface area contributed by atoms with Gasteiger partial charge in [0, 0.05) is 12.3 Å². The fraction of sp³-hybridized carbons (Fsp3) is 0.318. The summed E-state index contributed by atoms with van der Waals surface area (Å²) in [5, 5.41) is 0. The number of carbonyl (C=O) groups excluding carboxylic acids is 1. The van der Waals surface area contributed by atoms with Crippen molar-refractivity contribution in [3.05, 3.63) is 81.9 Å². The lowest BCUT2D eigenvalue weighted by molar-refractivity contribution is -0.148. The maximum atomic E-state index is 12.8. The van der Waals surface area contributed by atoms with E-state index in [1.165, 1.54) is 10.5 Å². The molecule has 0 aliphatic heterocycles. The second-order valence-electron chi connectivity index (χ2n) is 6.90. The van der Waals surface area contributed by atoms with Crippen LogP contribution in [-0.4, -0.2) is 15.4 Å². The van der Waals surface area contributed by atoms with Crippen molar-refractivity contribution in [2.24, 2.45) is 5.92 Å². The van der Waals surface area contributed by atoms with Crippen LogP contribution in [0.4, 0.5) is 0 Å². The van der Waals surface area contributed by atoms with E-state index in [-0.39, 0.29) is 30.0 Å². The van der Waals surface area contributed by atoms with E-state index in [9.17, 15) is 9.59 Å². The molecule has 0 aliphatic carbocycles. The molecule has 0 N–H and O–H groups in total. The Labute approximate surface area is 158 Å². The minimum absolute atomic E-state index is 0.0157. The predicted molar refractivity (Wildman–Crippen MR) is 105 cm³/mol. The summed E-state index contributed by atoms with van der Waals surface area (Å²) in [7, 11) is 0. The summed E-state index contributed by atoms with van der Waals surface area (Å²) >= 11 is 0. The monoisotopic (exact) mass is 364 g/mol. The van der Waals surface area contributed by atoms with E-state index in [1.807, 2.05) is 50.2 Å². The van der Waals surface area contributed by atoms with Gasteiger partial charge in [0.25, 0.3) is 5.56 Å². The number of hydrogen-bond acceptors (Lipinski definition) is 4. The molecule has 2 heterocycles. The van der Waals surface area contributed by atoms with Gasteiger partial charge in [-0.25, -0.2) is 4.98 Å². The Morgan fingerprint density at radius 3 is 2.63 bits per heavy atom. The number of ether oxygens (including phenoxy) is 1. The van der Waals surface area contributed by atoms with E-state index in [1.54, 1.807) is 12.3 Å². The lowest BCUT2D eigenvalue weighted by Crippen LogP contribution is -2.23. The smallest absolute Gasteiger partial charge is 0.314 e. The molecule has 1 aromatic carbocycles. The third-order valence-electron chi connectivity index (χ3n) is 4.85. The lowest BCUT2D eigenvalue weighted by atomic mass is 9.86. The molecule has 3 aromatic rings. The van der Waals surface area contributed by atoms with Crippen molar-refractivity contribution >= 4 is 11.6 Å². The second-order valence-corrected chi connectivity index (χ2v) is 6.90. The molecular weight excluding hydrogens is 340 g/mol. The molecular formula is C22H24N2O3. The largest absolute Gasteiger partial charge is 0.459 e. The molecule has 0 spiro atoms. The highest BCUT2D eigenvalue weighted by Crippen LogP contribution is 2.28. The van der Waals surface area contributed by atoms with Gasteiger partial charge in [0.15, 0.2) is 0 Å². The van der Waals surface area contributed by atoms with E-state index >= 15 is 0 Å². The van der Waals surface area contributed by atoms with Gasteiger partial charge in [-0.2, -0.15) is 0 Å². The van der Waals surface area contributed by atoms with Crippen LogP contribution in [0.3, 0.4) is 0 Å². The Balaban J connectivity index is 1.80. The first-order valence-corrected chi connectivity index (χ1v) is 9.20. The first-order chi connectivity index (χ1) is 13.0. The number of aryl methyl sites for hydroxylation is 1. The van der Waals surface area contributed by atoms with Crippen molar-refractivity contribution in [3.63, 3.8) is 0 Å². The number of rotatable bonds is 6. The molecule has 2 atom stereocenters. The van der Waals surface area contributed by atoms with Gasteiger partial charge in [-0.05, 0) is 30.0 Å². The van der Waals surface area contributed by atoms with Crippen LogP contribution in [-0.2, 0) is 16.1 Å². The maximum absolute atomic E-state index is 12.8. The summed E-state index contributed by atoms with van der Waals surface area (Å²) in [6, 6.07) is 14.8. The average molecular weight is 364 g/mol. The quantitative estimate of drug-likeness (QED) is 0.623. The number of esters is 1. The van der Waals surface area contributed by atoms with Gasteiger partial charge in [0.05, 0.1) is 11.6 Å². The highest BCUT2D eigenvalue weighted by atomic mass is 16.5. The number of nitrogens with zero attached hydrogens (tertiary/aromatic N) is 2. The average Bonchev–Trinajstić information content (AvgIpc) is 2.68. The molecule has 0 unspecified atom stereocenters. The standard InChI is InChI=1S/C22H24N2O3/c1-4-16(3)21(17-8-6-5-7-9-17)22(26)27-14-18-12-20(25)24-13-15(2)10-11-19(24)23-18/h5-13,16,21H,4,14H2,1-3H3/t16-,21-/m0/s1. The molecule has 5 nitrogen and oxygen atoms in total. The molecule has 3 rings (SSSR count). The predicted octanol–water partition coefficient (Wildman–Crippen LogP) is 3.88. The molecule has 5 heteroatoms. The van der Waals surface area contributed by atoms with Gasteiger partial charge < -0.3 is 4.74 Å². The van der Waals surface area contributed by atoms with Crippen LogP contribution >= 0.6 is 0 Å². The van der Waals surface area contributed by atoms with Crippen molar-refractivity contribution in [3.8, 4) is 0 Å². The van der Waals surface area contributed by atoms with Crippen molar-refractivity contribution < 1.29 is 9.53 Å². The van der Waals surface area contributed by atoms with Crippen LogP contribution in [0.15, 0.2) is 59.5 Å². The Kier molecular flexibility index (Phi) is 5.69. The highest BCUT2D eigenvalue weighted by Gasteiger charge is 2.27. The first kappa shape index (κ1) is 18.8. The van der Waals surface area contributed by atoms with Crippen LogP contribution in [0.2, 0.25) is 0 Å². The zero-order valence-electron chi connectivity index (χ0n) is 15.9. The molecule has 27 heavy (non-hydrogen) atoms. The normalized spacial score (nSPS) is 13.3. The van der Waals surface area contributed by atoms with E-state index in [4.69, 9.17) is 4.74 Å². The molecule has 0 aliphatic rings. The van der Waals surface area contributed by atoms with Crippen molar-refractivity contribution in [2.75, 3.05) is 0 Å². The summed E-state index contributed by atoms with van der Waals surface area (Å²) < 4.78 is 7.04. The zero-order valence-corrected chi connectivity index (χ0v) is 15.9. The van der Waals surface area contributed by atoms with E-state index < -0.39 is 0 Å². The van der Waals surface area contributed by atoms with Gasteiger partial charge in [-0.1, -0.05) is 56.7 Å². The van der Waals surface area contributed by atoms with Gasteiger partial charge in [0.1, 0.15) is 12.3 Å². The molecule has 0 radical (unpaired) electrons. The first-order valence-electron chi connectivity index (χ1n) is 9.20. The molecule has 0 amide bonds. The maximum Gasteiger partial charge on any atom is 0.314 e. The van der Waals surface area contributed by atoms with Crippen molar-refractivity contribution in [1.82, 2.24) is 9.38 Å². The molecule has 0 fully saturated rings. The summed E-state index contributed by atoms with van der Waals surface area (Å²) in [6.07, 6.45) is 2.61. The third-order valence-corrected chi connectivity index (χ3v) is 4.85. The van der Waals surface area contributed by atoms with Crippen molar-refractivity contribution in [2.45, 2.75) is 39.7 Å². The summed E-state index contributed by atoms with van der Waals surface area (Å²) in [6.45, 7) is 6.00. The Morgan fingerprint density at radius 2 is 1.93 bits per heavy atom. The molecule has 0 saturated heterocycles. The lowest BCUT2D eigenvalue weighted by Gasteiger charge is -2.21. The number of carbonyl (C=O) groups is 1. The minimum Gasteiger partial charge on any atom is -0.459 e. The Bertz CT molecular complexity index is 995. The molecule has 0 bridgehead atoms. The summed E-state index contributed by atoms with van der Waals surface area (Å²) in [4.78, 5) is 29.5. The zero-order chi connectivity index (χ0) is 19.4. The van der Waals surface area contributed by atoms with Crippen LogP contribution in [0.1, 0.15) is 43.0 Å². The summed E-state index contributed by atoms with van der Waals surface area (Å²) in [5.41, 5.74) is 2.73. The van der Waals surface area contributed by atoms with E-state index in [2.05, 4.69) is 11.9 Å². The third kappa shape index (κ3) is 4.25. The van der Waals surface area contributed by atoms with Crippen LogP contribution < -0.4 is 5.56 Å². The minimum atomic E-state index is -0.333. The Hall–Kier alpha value is -2.95. The van der Waals surface area contributed by atoms with Gasteiger partial charge in [-0.3, -0.25) is 14.0 Å². The molecule has 140 valence electrons. The van der Waals surface area contributed by atoms with Gasteiger partial charge in [-0.15, -0.1) is 0 Å². The number of hydrogen-bond donors (Lipinski definition) is 0. The van der Waals surface area contributed by atoms with Gasteiger partial charge in [0.2, 0.25) is 0 Å². The van der Waals surface area contributed by atoms with Crippen molar-refractivity contribution in [1.29, 1.82) is 0 Å². The molecule has 0 saturated carbocycles. The van der Waals surface area contributed by atoms with Crippen LogP contribution in [0, 0.1) is 12.8 Å². The number of benzene rings is 1. The Morgan fingerprint density at radius 1 is 1.19 bits per heavy atom.